The van der Waals surface area contributed by atoms with Crippen LogP contribution in [0.5, 0.6) is 0 Å². The van der Waals surface area contributed by atoms with E-state index in [9.17, 15) is 10.2 Å². The van der Waals surface area contributed by atoms with Gasteiger partial charge in [-0.2, -0.15) is 5.26 Å². The maximum absolute atomic E-state index is 10.5. The predicted molar refractivity (Wildman–Crippen MR) is 76.6 cm³/mol. The van der Waals surface area contributed by atoms with Crippen molar-refractivity contribution in [3.63, 3.8) is 0 Å². The summed E-state index contributed by atoms with van der Waals surface area (Å²) in [5, 5.41) is 28.9. The summed E-state index contributed by atoms with van der Waals surface area (Å²) < 4.78 is 7.36. The van der Waals surface area contributed by atoms with E-state index in [0.29, 0.717) is 0 Å². The van der Waals surface area contributed by atoms with Crippen LogP contribution in [0.25, 0.3) is 0 Å². The molecule has 19 heavy (non-hydrogen) atoms. The molecule has 4 N–H and O–H groups in total. The second-order valence-electron chi connectivity index (χ2n) is 4.91. The Balaban J connectivity index is 4.87. The number of hydrogen-bond donors (Lipinski definition) is 3. The molecule has 0 aliphatic rings. The average molecular weight is 291 g/mol. The zero-order valence-electron chi connectivity index (χ0n) is 12.1. The van der Waals surface area contributed by atoms with Crippen LogP contribution >= 0.6 is 8.73 Å². The van der Waals surface area contributed by atoms with E-state index in [2.05, 4.69) is 0 Å². The molecule has 0 bridgehead atoms. The van der Waals surface area contributed by atoms with Gasteiger partial charge in [0.25, 0.3) is 0 Å². The molecule has 0 aromatic carbocycles. The highest BCUT2D eigenvalue weighted by Crippen LogP contribution is 2.39. The van der Waals surface area contributed by atoms with Crippen LogP contribution < -0.4 is 5.73 Å². The lowest BCUT2D eigenvalue weighted by atomic mass is 10.3. The van der Waals surface area contributed by atoms with Crippen molar-refractivity contribution in [3.8, 4) is 6.07 Å². The monoisotopic (exact) mass is 291 g/mol. The van der Waals surface area contributed by atoms with Crippen LogP contribution in [0.3, 0.4) is 0 Å². The van der Waals surface area contributed by atoms with Gasteiger partial charge >= 0.3 is 0 Å². The smallest absolute Gasteiger partial charge is 0.223 e. The Morgan fingerprint density at radius 3 is 2.26 bits per heavy atom. The molecule has 0 aromatic heterocycles. The first-order chi connectivity index (χ1) is 8.78. The quantitative estimate of drug-likeness (QED) is 0.326. The molecular formula is C12H26N3O3P. The summed E-state index contributed by atoms with van der Waals surface area (Å²) in [6.45, 7) is 8.02. The van der Waals surface area contributed by atoms with Gasteiger partial charge < -0.3 is 20.7 Å². The number of rotatable bonds is 9. The van der Waals surface area contributed by atoms with Gasteiger partial charge in [0.15, 0.2) is 0 Å². The minimum atomic E-state index is -1.72. The first kappa shape index (κ1) is 18.7. The molecule has 0 amide bonds. The van der Waals surface area contributed by atoms with Crippen LogP contribution in [0, 0.1) is 11.3 Å². The van der Waals surface area contributed by atoms with E-state index in [0.717, 1.165) is 0 Å². The number of aliphatic hydroxyl groups excluding tert-OH is 1. The van der Waals surface area contributed by atoms with Crippen LogP contribution in [0.2, 0.25) is 0 Å². The number of nitriles is 1. The molecule has 3 atom stereocenters. The number of aliphatic hydroxyl groups is 2. The summed E-state index contributed by atoms with van der Waals surface area (Å²) >= 11 is 0. The van der Waals surface area contributed by atoms with Crippen LogP contribution in [0.4, 0.5) is 0 Å². The highest BCUT2D eigenvalue weighted by atomic mass is 31.1. The third kappa shape index (κ3) is 6.13. The first-order valence-corrected chi connectivity index (χ1v) is 7.40. The van der Waals surface area contributed by atoms with E-state index in [1.807, 2.05) is 38.4 Å². The molecule has 0 saturated carbocycles. The molecule has 0 radical (unpaired) electrons. The lowest BCUT2D eigenvalue weighted by Crippen LogP contribution is -2.49. The van der Waals surface area contributed by atoms with E-state index in [1.54, 1.807) is 0 Å². The second-order valence-corrected chi connectivity index (χ2v) is 6.37. The van der Waals surface area contributed by atoms with E-state index in [1.165, 1.54) is 0 Å². The Morgan fingerprint density at radius 1 is 1.37 bits per heavy atom. The zero-order valence-corrected chi connectivity index (χ0v) is 13.1. The third-order valence-corrected chi connectivity index (χ3v) is 4.70. The lowest BCUT2D eigenvalue weighted by Gasteiger charge is -2.40. The van der Waals surface area contributed by atoms with Gasteiger partial charge in [0, 0.05) is 27.4 Å². The summed E-state index contributed by atoms with van der Waals surface area (Å²) in [6.07, 6.45) is -1.02. The molecule has 0 spiro atoms. The Bertz CT molecular complexity index is 288. The van der Waals surface area contributed by atoms with Crippen molar-refractivity contribution in [1.29, 1.82) is 5.26 Å². The summed E-state index contributed by atoms with van der Waals surface area (Å²) in [4.78, 5) is 0. The van der Waals surface area contributed by atoms with Crippen molar-refractivity contribution in [2.24, 2.45) is 5.73 Å². The van der Waals surface area contributed by atoms with Crippen molar-refractivity contribution in [2.45, 2.75) is 57.8 Å². The molecule has 0 aliphatic carbocycles. The highest BCUT2D eigenvalue weighted by Gasteiger charge is 2.39. The molecule has 0 aromatic rings. The number of nitrogens with two attached hydrogens (primary N) is 1. The zero-order chi connectivity index (χ0) is 15.1. The van der Waals surface area contributed by atoms with Crippen molar-refractivity contribution < 1.29 is 14.9 Å². The Morgan fingerprint density at radius 2 is 1.89 bits per heavy atom. The third-order valence-electron chi connectivity index (χ3n) is 2.61. The highest BCUT2D eigenvalue weighted by molar-refractivity contribution is 7.36. The minimum absolute atomic E-state index is 0.0705. The molecular weight excluding hydrogens is 265 g/mol. The molecule has 0 heterocycles. The van der Waals surface area contributed by atoms with Gasteiger partial charge in [0.05, 0.1) is 19.1 Å². The van der Waals surface area contributed by atoms with Crippen molar-refractivity contribution in [2.75, 3.05) is 13.2 Å². The largest absolute Gasteiger partial charge is 0.386 e. The van der Waals surface area contributed by atoms with E-state index in [-0.39, 0.29) is 40.4 Å². The summed E-state index contributed by atoms with van der Waals surface area (Å²) in [6, 6.07) is 2.34. The van der Waals surface area contributed by atoms with E-state index in [4.69, 9.17) is 15.7 Å². The fourth-order valence-electron chi connectivity index (χ4n) is 1.65. The molecule has 6 nitrogen and oxygen atoms in total. The summed E-state index contributed by atoms with van der Waals surface area (Å²) in [7, 11) is -0.146. The van der Waals surface area contributed by atoms with Crippen molar-refractivity contribution in [3.05, 3.63) is 0 Å². The predicted octanol–water partition coefficient (Wildman–Crippen LogP) is 0.595. The summed E-state index contributed by atoms with van der Waals surface area (Å²) in [5.41, 5.74) is 3.70. The Hall–Kier alpha value is -0.280. The summed E-state index contributed by atoms with van der Waals surface area (Å²) in [5.74, 6) is 0. The second kappa shape index (κ2) is 8.80. The first-order valence-electron chi connectivity index (χ1n) is 6.46. The van der Waals surface area contributed by atoms with Gasteiger partial charge in [0.2, 0.25) is 5.53 Å². The standard InChI is InChI=1S/C12H26N3O3P/c1-9(2)15(10(3)4)19-12(17,11(16)8-14)18-7-5-6-13/h9-11,16-17,19H,5,7-8,14H2,1-4H3/t11?,12-/m1/s1. The van der Waals surface area contributed by atoms with Gasteiger partial charge in [-0.15, -0.1) is 0 Å². The minimum Gasteiger partial charge on any atom is -0.386 e. The molecule has 0 aliphatic heterocycles. The van der Waals surface area contributed by atoms with Crippen molar-refractivity contribution >= 4 is 8.73 Å². The normalized spacial score (nSPS) is 17.3. The van der Waals surface area contributed by atoms with Gasteiger partial charge in [-0.1, -0.05) is 0 Å². The number of hydrogen-bond acceptors (Lipinski definition) is 6. The SMILES string of the molecule is CC(C)N(P[C@](O)(OCCC#N)C(O)CN)C(C)C. The fraction of sp³-hybridized carbons (Fsp3) is 0.917. The van der Waals surface area contributed by atoms with Gasteiger partial charge in [0.1, 0.15) is 6.10 Å². The molecule has 112 valence electrons. The molecule has 7 heteroatoms. The lowest BCUT2D eigenvalue weighted by molar-refractivity contribution is -0.192. The van der Waals surface area contributed by atoms with Gasteiger partial charge in [-0.05, 0) is 27.7 Å². The van der Waals surface area contributed by atoms with E-state index >= 15 is 0 Å². The Kier molecular flexibility index (Phi) is 8.67. The molecule has 0 saturated heterocycles. The number of ether oxygens (including phenoxy) is 1. The maximum Gasteiger partial charge on any atom is 0.223 e. The Labute approximate surface area is 117 Å². The average Bonchev–Trinajstić information content (AvgIpc) is 2.34. The number of nitrogens with zero attached hydrogens (tertiary/aromatic N) is 2. The van der Waals surface area contributed by atoms with Crippen LogP contribution in [-0.4, -0.2) is 51.8 Å². The fourth-order valence-corrected chi connectivity index (χ4v) is 2.97. The topological polar surface area (TPSA) is 103 Å². The van der Waals surface area contributed by atoms with Gasteiger partial charge in [-0.3, -0.25) is 4.67 Å². The van der Waals surface area contributed by atoms with Gasteiger partial charge in [-0.25, -0.2) is 0 Å². The van der Waals surface area contributed by atoms with Crippen LogP contribution in [0.1, 0.15) is 34.1 Å². The maximum atomic E-state index is 10.5. The van der Waals surface area contributed by atoms with Crippen LogP contribution in [-0.2, 0) is 4.74 Å². The molecule has 0 fully saturated rings. The van der Waals surface area contributed by atoms with E-state index < -0.39 is 11.6 Å². The van der Waals surface area contributed by atoms with Crippen molar-refractivity contribution in [1.82, 2.24) is 4.67 Å². The van der Waals surface area contributed by atoms with Crippen LogP contribution in [0.15, 0.2) is 0 Å². The molecule has 0 rings (SSSR count). The molecule has 2 unspecified atom stereocenters.